The number of rotatable bonds is 4. The molecule has 35 heavy (non-hydrogen) atoms. The monoisotopic (exact) mass is 468 g/mol. The maximum absolute atomic E-state index is 13.8. The molecular formula is C29H28N2O4. The lowest BCUT2D eigenvalue weighted by Gasteiger charge is -2.19. The normalized spacial score (nSPS) is 15.3. The molecule has 6 nitrogen and oxygen atoms in total. The van der Waals surface area contributed by atoms with Crippen molar-refractivity contribution in [3.05, 3.63) is 88.6 Å². The summed E-state index contributed by atoms with van der Waals surface area (Å²) < 4.78 is 10.9. The number of nitrogens with one attached hydrogen (secondary N) is 1. The van der Waals surface area contributed by atoms with E-state index in [4.69, 9.17) is 9.47 Å². The first-order valence-corrected chi connectivity index (χ1v) is 11.6. The van der Waals surface area contributed by atoms with Crippen LogP contribution in [0.4, 0.5) is 11.4 Å². The fourth-order valence-corrected chi connectivity index (χ4v) is 4.45. The molecule has 3 aromatic carbocycles. The summed E-state index contributed by atoms with van der Waals surface area (Å²) in [6.07, 6.45) is 0. The number of aryl methyl sites for hydroxylation is 2. The fourth-order valence-electron chi connectivity index (χ4n) is 4.45. The summed E-state index contributed by atoms with van der Waals surface area (Å²) in [6, 6.07) is 18.9. The van der Waals surface area contributed by atoms with Crippen LogP contribution >= 0.6 is 0 Å². The zero-order valence-corrected chi connectivity index (χ0v) is 20.6. The predicted octanol–water partition coefficient (Wildman–Crippen LogP) is 5.73. The van der Waals surface area contributed by atoms with E-state index in [2.05, 4.69) is 26.1 Å². The lowest BCUT2D eigenvalue weighted by Crippen LogP contribution is -2.32. The molecule has 0 unspecified atom stereocenters. The largest absolute Gasteiger partial charge is 0.454 e. The first-order valence-electron chi connectivity index (χ1n) is 11.6. The minimum atomic E-state index is -0.413. The molecular weight excluding hydrogens is 440 g/mol. The van der Waals surface area contributed by atoms with Crippen molar-refractivity contribution in [1.82, 2.24) is 0 Å². The minimum absolute atomic E-state index is 0.0112. The van der Waals surface area contributed by atoms with Crippen LogP contribution in [0.15, 0.2) is 66.4 Å². The molecule has 2 aliphatic rings. The highest BCUT2D eigenvalue weighted by molar-refractivity contribution is 6.46. The second-order valence-corrected chi connectivity index (χ2v) is 10.0. The number of nitrogens with zero attached hydrogens (tertiary/aromatic N) is 1. The van der Waals surface area contributed by atoms with Crippen molar-refractivity contribution < 1.29 is 19.1 Å². The average Bonchev–Trinajstić information content (AvgIpc) is 3.36. The van der Waals surface area contributed by atoms with Gasteiger partial charge in [0.2, 0.25) is 6.79 Å². The fraction of sp³-hybridized carbons (Fsp3) is 0.241. The summed E-state index contributed by atoms with van der Waals surface area (Å²) in [5.41, 5.74) is 5.72. The van der Waals surface area contributed by atoms with E-state index in [1.807, 2.05) is 56.3 Å². The van der Waals surface area contributed by atoms with Gasteiger partial charge in [-0.1, -0.05) is 56.7 Å². The Morgan fingerprint density at radius 3 is 2.23 bits per heavy atom. The molecule has 178 valence electrons. The molecule has 2 aliphatic heterocycles. The van der Waals surface area contributed by atoms with E-state index >= 15 is 0 Å². The Labute approximate surface area is 205 Å². The lowest BCUT2D eigenvalue weighted by molar-refractivity contribution is -0.120. The molecule has 3 aromatic rings. The smallest absolute Gasteiger partial charge is 0.282 e. The number of hydrogen-bond acceptors (Lipinski definition) is 5. The summed E-state index contributed by atoms with van der Waals surface area (Å²) in [6.45, 7) is 10.5. The van der Waals surface area contributed by atoms with Crippen LogP contribution in [0.5, 0.6) is 11.5 Å². The van der Waals surface area contributed by atoms with E-state index < -0.39 is 5.91 Å². The Balaban J connectivity index is 1.58. The lowest BCUT2D eigenvalue weighted by atomic mass is 9.87. The minimum Gasteiger partial charge on any atom is -0.454 e. The second kappa shape index (κ2) is 8.31. The zero-order valence-electron chi connectivity index (χ0n) is 20.6. The Morgan fingerprint density at radius 2 is 1.54 bits per heavy atom. The third kappa shape index (κ3) is 4.05. The standard InChI is InChI=1S/C29H28N2O4/c1-17-6-12-22(18(2)14-17)25-26(30-20-9-7-19(8-10-20)29(3,4)5)28(33)31(27(25)32)21-11-13-23-24(15-21)35-16-34-23/h6-15,30H,16H2,1-5H3. The average molecular weight is 469 g/mol. The van der Waals surface area contributed by atoms with Gasteiger partial charge in [-0.3, -0.25) is 9.59 Å². The molecule has 0 radical (unpaired) electrons. The summed E-state index contributed by atoms with van der Waals surface area (Å²) >= 11 is 0. The van der Waals surface area contributed by atoms with E-state index in [0.29, 0.717) is 22.8 Å². The van der Waals surface area contributed by atoms with E-state index in [1.54, 1.807) is 18.2 Å². The first-order chi connectivity index (χ1) is 16.6. The SMILES string of the molecule is Cc1ccc(C2=C(Nc3ccc(C(C)(C)C)cc3)C(=O)N(c3ccc4c(c3)OCO4)C2=O)c(C)c1. The van der Waals surface area contributed by atoms with Crippen molar-refractivity contribution in [2.45, 2.75) is 40.0 Å². The highest BCUT2D eigenvalue weighted by atomic mass is 16.7. The van der Waals surface area contributed by atoms with Crippen LogP contribution in [0.1, 0.15) is 43.0 Å². The molecule has 0 spiro atoms. The van der Waals surface area contributed by atoms with Gasteiger partial charge in [0.1, 0.15) is 5.70 Å². The van der Waals surface area contributed by atoms with Crippen molar-refractivity contribution in [1.29, 1.82) is 0 Å². The van der Waals surface area contributed by atoms with Crippen molar-refractivity contribution in [3.63, 3.8) is 0 Å². The molecule has 1 N–H and O–H groups in total. The van der Waals surface area contributed by atoms with Crippen LogP contribution in [0.25, 0.3) is 5.57 Å². The molecule has 0 saturated heterocycles. The van der Waals surface area contributed by atoms with E-state index in [9.17, 15) is 9.59 Å². The highest BCUT2D eigenvalue weighted by Crippen LogP contribution is 2.40. The van der Waals surface area contributed by atoms with Gasteiger partial charge in [-0.2, -0.15) is 0 Å². The number of hydrogen-bond donors (Lipinski definition) is 1. The number of anilines is 2. The van der Waals surface area contributed by atoms with Crippen molar-refractivity contribution in [3.8, 4) is 11.5 Å². The number of amides is 2. The van der Waals surface area contributed by atoms with Crippen LogP contribution in [0.3, 0.4) is 0 Å². The van der Waals surface area contributed by atoms with Gasteiger partial charge < -0.3 is 14.8 Å². The summed E-state index contributed by atoms with van der Waals surface area (Å²) in [4.78, 5) is 28.7. The van der Waals surface area contributed by atoms with Crippen LogP contribution < -0.4 is 19.7 Å². The van der Waals surface area contributed by atoms with E-state index in [-0.39, 0.29) is 23.8 Å². The molecule has 0 bridgehead atoms. The third-order valence-corrected chi connectivity index (χ3v) is 6.37. The second-order valence-electron chi connectivity index (χ2n) is 10.0. The Kier molecular flexibility index (Phi) is 5.39. The van der Waals surface area contributed by atoms with Gasteiger partial charge in [-0.15, -0.1) is 0 Å². The molecule has 5 rings (SSSR count). The first kappa shape index (κ1) is 22.7. The van der Waals surface area contributed by atoms with Crippen LogP contribution in [0, 0.1) is 13.8 Å². The maximum atomic E-state index is 13.8. The van der Waals surface area contributed by atoms with Gasteiger partial charge in [-0.25, -0.2) is 4.90 Å². The number of imide groups is 1. The van der Waals surface area contributed by atoms with Gasteiger partial charge in [0, 0.05) is 11.8 Å². The van der Waals surface area contributed by atoms with Crippen LogP contribution in [-0.2, 0) is 15.0 Å². The Hall–Kier alpha value is -4.06. The Bertz CT molecular complexity index is 1380. The number of carbonyl (C=O) groups is 2. The van der Waals surface area contributed by atoms with E-state index in [0.717, 1.165) is 22.4 Å². The molecule has 6 heteroatoms. The molecule has 2 heterocycles. The van der Waals surface area contributed by atoms with Crippen LogP contribution in [-0.4, -0.2) is 18.6 Å². The maximum Gasteiger partial charge on any atom is 0.282 e. The molecule has 0 aromatic heterocycles. The van der Waals surface area contributed by atoms with Gasteiger partial charge >= 0.3 is 0 Å². The summed E-state index contributed by atoms with van der Waals surface area (Å²) in [5, 5.41) is 3.25. The van der Waals surface area contributed by atoms with Crippen molar-refractivity contribution in [2.24, 2.45) is 0 Å². The van der Waals surface area contributed by atoms with Gasteiger partial charge in [0.25, 0.3) is 11.8 Å². The van der Waals surface area contributed by atoms with Gasteiger partial charge in [-0.05, 0) is 60.2 Å². The molecule has 2 amide bonds. The zero-order chi connectivity index (χ0) is 24.9. The van der Waals surface area contributed by atoms with Gasteiger partial charge in [0.15, 0.2) is 11.5 Å². The quantitative estimate of drug-likeness (QED) is 0.496. The number of carbonyl (C=O) groups excluding carboxylic acids is 2. The van der Waals surface area contributed by atoms with E-state index in [1.165, 1.54) is 10.5 Å². The summed E-state index contributed by atoms with van der Waals surface area (Å²) in [5.74, 6) is 0.307. The third-order valence-electron chi connectivity index (χ3n) is 6.37. The topological polar surface area (TPSA) is 67.9 Å². The van der Waals surface area contributed by atoms with Crippen molar-refractivity contribution in [2.75, 3.05) is 17.0 Å². The number of fused-ring (bicyclic) bond motifs is 1. The Morgan fingerprint density at radius 1 is 0.829 bits per heavy atom. The molecule has 0 saturated carbocycles. The molecule has 0 aliphatic carbocycles. The van der Waals surface area contributed by atoms with Crippen LogP contribution in [0.2, 0.25) is 0 Å². The predicted molar refractivity (Wildman–Crippen MR) is 137 cm³/mol. The van der Waals surface area contributed by atoms with Gasteiger partial charge in [0.05, 0.1) is 11.3 Å². The van der Waals surface area contributed by atoms with Crippen molar-refractivity contribution >= 4 is 28.8 Å². The summed E-state index contributed by atoms with van der Waals surface area (Å²) in [7, 11) is 0. The number of benzene rings is 3. The molecule has 0 fully saturated rings. The molecule has 0 atom stereocenters. The number of ether oxygens (including phenoxy) is 2. The highest BCUT2D eigenvalue weighted by Gasteiger charge is 2.41.